The molecule has 0 fully saturated rings. The summed E-state index contributed by atoms with van der Waals surface area (Å²) in [4.78, 5) is 4.27. The molecule has 0 aliphatic heterocycles. The molecule has 6 N–H and O–H groups in total. The molecule has 0 aromatic carbocycles. The van der Waals surface area contributed by atoms with Gasteiger partial charge in [0.15, 0.2) is 12.5 Å². The molecule has 29 heavy (non-hydrogen) atoms. The fourth-order valence-corrected chi connectivity index (χ4v) is 2.05. The molecule has 1 aromatic rings. The predicted molar refractivity (Wildman–Crippen MR) is 105 cm³/mol. The highest BCUT2D eigenvalue weighted by atomic mass is 19.3. The van der Waals surface area contributed by atoms with E-state index in [1.807, 2.05) is 19.1 Å². The van der Waals surface area contributed by atoms with Crippen LogP contribution in [0.1, 0.15) is 32.4 Å². The molecular weight excluding hydrogens is 390 g/mol. The smallest absolute Gasteiger partial charge is 0.340 e. The first-order valence-electron chi connectivity index (χ1n) is 9.15. The SMILES string of the molecule is CC(C)CNc1cc(C(C)NC/C(N)=C/C=C(\N)OCC(F)(F)C(F)F)ccn1. The minimum atomic E-state index is -4.27. The fraction of sp³-hybridized carbons (Fsp3) is 0.526. The van der Waals surface area contributed by atoms with Crippen LogP contribution in [0.3, 0.4) is 0 Å². The molecule has 0 aliphatic carbocycles. The van der Waals surface area contributed by atoms with Gasteiger partial charge in [0, 0.05) is 31.0 Å². The van der Waals surface area contributed by atoms with Crippen molar-refractivity contribution in [1.82, 2.24) is 10.3 Å². The number of aromatic nitrogens is 1. The lowest BCUT2D eigenvalue weighted by molar-refractivity contribution is -0.158. The summed E-state index contributed by atoms with van der Waals surface area (Å²) in [6, 6.07) is 3.79. The first-order valence-corrected chi connectivity index (χ1v) is 9.15. The third kappa shape index (κ3) is 9.51. The number of hydrogen-bond donors (Lipinski definition) is 4. The molecular formula is C19H29F4N5O. The van der Waals surface area contributed by atoms with E-state index in [4.69, 9.17) is 11.5 Å². The van der Waals surface area contributed by atoms with E-state index in [0.717, 1.165) is 24.0 Å². The summed E-state index contributed by atoms with van der Waals surface area (Å²) < 4.78 is 54.1. The van der Waals surface area contributed by atoms with Gasteiger partial charge in [-0.25, -0.2) is 13.8 Å². The van der Waals surface area contributed by atoms with Crippen LogP contribution in [-0.4, -0.2) is 37.0 Å². The third-order valence-electron chi connectivity index (χ3n) is 3.80. The predicted octanol–water partition coefficient (Wildman–Crippen LogP) is 3.36. The van der Waals surface area contributed by atoms with Gasteiger partial charge >= 0.3 is 12.3 Å². The molecule has 6 nitrogen and oxygen atoms in total. The van der Waals surface area contributed by atoms with Crippen molar-refractivity contribution in [3.05, 3.63) is 47.6 Å². The van der Waals surface area contributed by atoms with Crippen LogP contribution >= 0.6 is 0 Å². The molecule has 1 rings (SSSR count). The Bertz CT molecular complexity index is 695. The van der Waals surface area contributed by atoms with Crippen molar-refractivity contribution in [2.75, 3.05) is 25.0 Å². The standard InChI is InChI=1S/C19H29F4N5O/c1-12(2)9-28-17-8-14(6-7-26-17)13(3)27-10-15(24)4-5-16(25)29-11-19(22,23)18(20)21/h4-8,12-13,18,27H,9-11,24-25H2,1-3H3,(H,26,28)/b15-4-,16-5+. The van der Waals surface area contributed by atoms with Crippen LogP contribution in [0.5, 0.6) is 0 Å². The molecule has 0 radical (unpaired) electrons. The van der Waals surface area contributed by atoms with Crippen molar-refractivity contribution in [1.29, 1.82) is 0 Å². The van der Waals surface area contributed by atoms with Crippen LogP contribution in [0.2, 0.25) is 0 Å². The van der Waals surface area contributed by atoms with Crippen LogP contribution in [0, 0.1) is 5.92 Å². The van der Waals surface area contributed by atoms with Gasteiger partial charge in [-0.2, -0.15) is 8.78 Å². The summed E-state index contributed by atoms with van der Waals surface area (Å²) in [6.45, 7) is 5.75. The van der Waals surface area contributed by atoms with Crippen LogP contribution in [0.4, 0.5) is 23.4 Å². The lowest BCUT2D eigenvalue weighted by atomic mass is 10.1. The minimum Gasteiger partial charge on any atom is -0.473 e. The van der Waals surface area contributed by atoms with Gasteiger partial charge in [0.1, 0.15) is 5.82 Å². The number of pyridine rings is 1. The Balaban J connectivity index is 2.54. The normalized spacial score (nSPS) is 14.4. The number of anilines is 1. The molecule has 1 unspecified atom stereocenters. The number of halogens is 4. The Labute approximate surface area is 168 Å². The molecule has 0 spiro atoms. The molecule has 10 heteroatoms. The molecule has 164 valence electrons. The monoisotopic (exact) mass is 419 g/mol. The highest BCUT2D eigenvalue weighted by molar-refractivity contribution is 5.38. The van der Waals surface area contributed by atoms with E-state index in [0.29, 0.717) is 11.6 Å². The van der Waals surface area contributed by atoms with E-state index >= 15 is 0 Å². The highest BCUT2D eigenvalue weighted by Crippen LogP contribution is 2.23. The van der Waals surface area contributed by atoms with Gasteiger partial charge in [0.05, 0.1) is 0 Å². The topological polar surface area (TPSA) is 98.2 Å². The number of nitrogens with zero attached hydrogens (tertiary/aromatic N) is 1. The van der Waals surface area contributed by atoms with E-state index in [9.17, 15) is 17.6 Å². The number of allylic oxidation sites excluding steroid dienone is 2. The lowest BCUT2D eigenvalue weighted by Gasteiger charge is -2.16. The van der Waals surface area contributed by atoms with Gasteiger partial charge in [-0.05, 0) is 42.7 Å². The Morgan fingerprint density at radius 2 is 1.93 bits per heavy atom. The molecule has 1 heterocycles. The third-order valence-corrected chi connectivity index (χ3v) is 3.80. The van der Waals surface area contributed by atoms with Gasteiger partial charge in [0.25, 0.3) is 0 Å². The van der Waals surface area contributed by atoms with Gasteiger partial charge < -0.3 is 26.8 Å². The number of alkyl halides is 4. The van der Waals surface area contributed by atoms with Gasteiger partial charge in [-0.15, -0.1) is 0 Å². The molecule has 0 aliphatic rings. The Kier molecular flexibility index (Phi) is 9.73. The van der Waals surface area contributed by atoms with Crippen molar-refractivity contribution in [3.63, 3.8) is 0 Å². The largest absolute Gasteiger partial charge is 0.473 e. The maximum atomic E-state index is 12.8. The van der Waals surface area contributed by atoms with Gasteiger partial charge in [-0.1, -0.05) is 13.8 Å². The summed E-state index contributed by atoms with van der Waals surface area (Å²) in [5.74, 6) is -3.43. The van der Waals surface area contributed by atoms with E-state index < -0.39 is 24.8 Å². The molecule has 0 bridgehead atoms. The zero-order chi connectivity index (χ0) is 22.0. The summed E-state index contributed by atoms with van der Waals surface area (Å²) in [7, 11) is 0. The number of nitrogens with one attached hydrogen (secondary N) is 2. The lowest BCUT2D eigenvalue weighted by Crippen LogP contribution is -2.32. The molecule has 1 aromatic heterocycles. The fourth-order valence-electron chi connectivity index (χ4n) is 2.05. The number of rotatable bonds is 12. The van der Waals surface area contributed by atoms with Crippen molar-refractivity contribution in [3.8, 4) is 0 Å². The number of ether oxygens (including phenoxy) is 1. The van der Waals surface area contributed by atoms with Crippen LogP contribution in [0.15, 0.2) is 42.1 Å². The second-order valence-electron chi connectivity index (χ2n) is 7.01. The maximum absolute atomic E-state index is 12.8. The van der Waals surface area contributed by atoms with Crippen molar-refractivity contribution < 1.29 is 22.3 Å². The summed E-state index contributed by atoms with van der Waals surface area (Å²) >= 11 is 0. The minimum absolute atomic E-state index is 0.0353. The van der Waals surface area contributed by atoms with E-state index in [2.05, 4.69) is 34.2 Å². The summed E-state index contributed by atoms with van der Waals surface area (Å²) in [6.07, 6.45) is 0.392. The van der Waals surface area contributed by atoms with Crippen LogP contribution in [-0.2, 0) is 4.74 Å². The molecule has 1 atom stereocenters. The molecule has 0 saturated carbocycles. The average Bonchev–Trinajstić information content (AvgIpc) is 2.67. The van der Waals surface area contributed by atoms with Gasteiger partial charge in [-0.3, -0.25) is 0 Å². The Morgan fingerprint density at radius 1 is 1.24 bits per heavy atom. The zero-order valence-corrected chi connectivity index (χ0v) is 16.8. The second-order valence-corrected chi connectivity index (χ2v) is 7.01. The van der Waals surface area contributed by atoms with Crippen LogP contribution < -0.4 is 22.1 Å². The maximum Gasteiger partial charge on any atom is 0.340 e. The van der Waals surface area contributed by atoms with Crippen molar-refractivity contribution in [2.24, 2.45) is 17.4 Å². The zero-order valence-electron chi connectivity index (χ0n) is 16.8. The van der Waals surface area contributed by atoms with Crippen molar-refractivity contribution in [2.45, 2.75) is 39.2 Å². The molecule has 0 amide bonds. The first kappa shape index (κ1) is 24.5. The molecule has 0 saturated heterocycles. The second kappa shape index (κ2) is 11.5. The van der Waals surface area contributed by atoms with Gasteiger partial charge in [0.2, 0.25) is 0 Å². The van der Waals surface area contributed by atoms with Crippen molar-refractivity contribution >= 4 is 5.82 Å². The average molecular weight is 419 g/mol. The summed E-state index contributed by atoms with van der Waals surface area (Å²) in [5, 5.41) is 6.46. The summed E-state index contributed by atoms with van der Waals surface area (Å²) in [5.41, 5.74) is 12.6. The Morgan fingerprint density at radius 3 is 2.55 bits per heavy atom. The Hall–Kier alpha value is -2.49. The number of nitrogens with two attached hydrogens (primary N) is 2. The van der Waals surface area contributed by atoms with E-state index in [-0.39, 0.29) is 12.6 Å². The highest BCUT2D eigenvalue weighted by Gasteiger charge is 2.41. The quantitative estimate of drug-likeness (QED) is 0.236. The van der Waals surface area contributed by atoms with E-state index in [1.165, 1.54) is 6.08 Å². The van der Waals surface area contributed by atoms with Crippen LogP contribution in [0.25, 0.3) is 0 Å². The van der Waals surface area contributed by atoms with E-state index in [1.54, 1.807) is 6.20 Å². The number of hydrogen-bond acceptors (Lipinski definition) is 6. The first-order chi connectivity index (χ1) is 13.5.